The monoisotopic (exact) mass is 314 g/mol. The van der Waals surface area contributed by atoms with Crippen molar-refractivity contribution in [2.45, 2.75) is 25.2 Å². The highest BCUT2D eigenvalue weighted by molar-refractivity contribution is 5.80. The summed E-state index contributed by atoms with van der Waals surface area (Å²) >= 11 is 0. The van der Waals surface area contributed by atoms with Gasteiger partial charge in [0.05, 0.1) is 18.3 Å². The third kappa shape index (κ3) is 3.15. The Morgan fingerprint density at radius 3 is 2.45 bits per heavy atom. The first-order chi connectivity index (χ1) is 10.4. The zero-order valence-electron chi connectivity index (χ0n) is 12.0. The van der Waals surface area contributed by atoms with Gasteiger partial charge in [0.25, 0.3) is 5.92 Å². The van der Waals surface area contributed by atoms with Crippen LogP contribution in [0.2, 0.25) is 0 Å². The molecule has 1 aromatic rings. The van der Waals surface area contributed by atoms with Gasteiger partial charge < -0.3 is 9.80 Å². The highest BCUT2D eigenvalue weighted by Crippen LogP contribution is 2.30. The molecule has 1 unspecified atom stereocenters. The molecule has 22 heavy (non-hydrogen) atoms. The number of carbonyl (C=O) groups is 1. The van der Waals surface area contributed by atoms with Crippen molar-refractivity contribution in [3.63, 3.8) is 0 Å². The minimum Gasteiger partial charge on any atom is -0.342 e. The summed E-state index contributed by atoms with van der Waals surface area (Å²) in [4.78, 5) is 23.5. The Morgan fingerprint density at radius 2 is 1.82 bits per heavy atom. The average Bonchev–Trinajstić information content (AvgIpc) is 2.97. The number of piperidine rings is 1. The molecule has 2 aliphatic rings. The second-order valence-electron chi connectivity index (χ2n) is 5.81. The SMILES string of the molecule is O=C(C1CCN(c2ncc(F)cn2)C1)N1CCC(F)(F)CC1. The molecule has 2 aliphatic heterocycles. The minimum atomic E-state index is -2.65. The number of hydrogen-bond acceptors (Lipinski definition) is 4. The summed E-state index contributed by atoms with van der Waals surface area (Å²) in [7, 11) is 0. The van der Waals surface area contributed by atoms with E-state index in [1.807, 2.05) is 4.90 Å². The Bertz CT molecular complexity index is 542. The summed E-state index contributed by atoms with van der Waals surface area (Å²) in [5.74, 6) is -3.09. The molecule has 8 heteroatoms. The van der Waals surface area contributed by atoms with Gasteiger partial charge in [0.2, 0.25) is 11.9 Å². The van der Waals surface area contributed by atoms with Crippen LogP contribution in [0.3, 0.4) is 0 Å². The van der Waals surface area contributed by atoms with Gasteiger partial charge in [-0.05, 0) is 6.42 Å². The number of nitrogens with zero attached hydrogens (tertiary/aromatic N) is 4. The molecule has 2 fully saturated rings. The Morgan fingerprint density at radius 1 is 1.18 bits per heavy atom. The van der Waals surface area contributed by atoms with E-state index in [1.54, 1.807) is 0 Å². The maximum atomic E-state index is 13.1. The molecule has 1 aromatic heterocycles. The van der Waals surface area contributed by atoms with Crippen molar-refractivity contribution in [1.29, 1.82) is 0 Å². The third-order valence-corrected chi connectivity index (χ3v) is 4.23. The van der Waals surface area contributed by atoms with E-state index in [9.17, 15) is 18.0 Å². The van der Waals surface area contributed by atoms with Crippen LogP contribution in [0.1, 0.15) is 19.3 Å². The van der Waals surface area contributed by atoms with Crippen molar-refractivity contribution < 1.29 is 18.0 Å². The molecule has 1 atom stereocenters. The molecule has 3 heterocycles. The number of aromatic nitrogens is 2. The van der Waals surface area contributed by atoms with Gasteiger partial charge in [0.15, 0.2) is 5.82 Å². The molecule has 5 nitrogen and oxygen atoms in total. The number of carbonyl (C=O) groups excluding carboxylic acids is 1. The van der Waals surface area contributed by atoms with E-state index >= 15 is 0 Å². The summed E-state index contributed by atoms with van der Waals surface area (Å²) in [6.07, 6.45) is 2.27. The fraction of sp³-hybridized carbons (Fsp3) is 0.643. The lowest BCUT2D eigenvalue weighted by molar-refractivity contribution is -0.140. The lowest BCUT2D eigenvalue weighted by atomic mass is 10.0. The minimum absolute atomic E-state index is 0.0832. The second-order valence-corrected chi connectivity index (χ2v) is 5.81. The predicted octanol–water partition coefficient (Wildman–Crippen LogP) is 1.70. The number of rotatable bonds is 2. The van der Waals surface area contributed by atoms with Crippen molar-refractivity contribution >= 4 is 11.9 Å². The number of amides is 1. The lowest BCUT2D eigenvalue weighted by Gasteiger charge is -2.33. The van der Waals surface area contributed by atoms with E-state index in [4.69, 9.17) is 0 Å². The normalized spacial score (nSPS) is 24.6. The van der Waals surface area contributed by atoms with Gasteiger partial charge in [0.1, 0.15) is 0 Å². The maximum Gasteiger partial charge on any atom is 0.251 e. The molecule has 0 spiro atoms. The summed E-state index contributed by atoms with van der Waals surface area (Å²) in [5, 5.41) is 0. The Kier molecular flexibility index (Phi) is 3.92. The number of alkyl halides is 2. The zero-order valence-corrected chi connectivity index (χ0v) is 12.0. The fourth-order valence-electron chi connectivity index (χ4n) is 2.92. The zero-order chi connectivity index (χ0) is 15.7. The standard InChI is InChI=1S/C14H17F3N4O/c15-11-7-18-13(19-8-11)21-4-1-10(9-21)12(22)20-5-2-14(16,17)3-6-20/h7-8,10H,1-6,9H2. The summed E-state index contributed by atoms with van der Waals surface area (Å²) < 4.78 is 39.1. The van der Waals surface area contributed by atoms with Gasteiger partial charge >= 0.3 is 0 Å². The highest BCUT2D eigenvalue weighted by Gasteiger charge is 2.39. The molecule has 0 bridgehead atoms. The van der Waals surface area contributed by atoms with Crippen LogP contribution in [0.15, 0.2) is 12.4 Å². The van der Waals surface area contributed by atoms with Crippen LogP contribution in [-0.2, 0) is 4.79 Å². The largest absolute Gasteiger partial charge is 0.342 e. The molecule has 120 valence electrons. The molecule has 0 saturated carbocycles. The van der Waals surface area contributed by atoms with E-state index < -0.39 is 11.7 Å². The predicted molar refractivity (Wildman–Crippen MR) is 73.1 cm³/mol. The maximum absolute atomic E-state index is 13.1. The van der Waals surface area contributed by atoms with Crippen LogP contribution in [-0.4, -0.2) is 52.9 Å². The van der Waals surface area contributed by atoms with Gasteiger partial charge in [-0.25, -0.2) is 23.1 Å². The van der Waals surface area contributed by atoms with Gasteiger partial charge in [-0.2, -0.15) is 0 Å². The molecule has 0 N–H and O–H groups in total. The van der Waals surface area contributed by atoms with Crippen LogP contribution in [0, 0.1) is 11.7 Å². The molecule has 0 radical (unpaired) electrons. The van der Waals surface area contributed by atoms with Gasteiger partial charge in [-0.15, -0.1) is 0 Å². The van der Waals surface area contributed by atoms with Crippen molar-refractivity contribution in [2.75, 3.05) is 31.1 Å². The smallest absolute Gasteiger partial charge is 0.251 e. The number of likely N-dealkylation sites (tertiary alicyclic amines) is 1. The first kappa shape index (κ1) is 15.1. The van der Waals surface area contributed by atoms with Crippen LogP contribution >= 0.6 is 0 Å². The molecule has 1 amide bonds. The first-order valence-electron chi connectivity index (χ1n) is 7.34. The van der Waals surface area contributed by atoms with Crippen LogP contribution in [0.5, 0.6) is 0 Å². The van der Waals surface area contributed by atoms with Crippen molar-refractivity contribution in [3.05, 3.63) is 18.2 Å². The molecule has 0 aromatic carbocycles. The Balaban J connectivity index is 1.58. The van der Waals surface area contributed by atoms with Crippen LogP contribution in [0.4, 0.5) is 19.1 Å². The van der Waals surface area contributed by atoms with Crippen LogP contribution < -0.4 is 4.90 Å². The molecular formula is C14H17F3N4O. The van der Waals surface area contributed by atoms with Gasteiger partial charge in [0, 0.05) is 39.0 Å². The van der Waals surface area contributed by atoms with Crippen molar-refractivity contribution in [1.82, 2.24) is 14.9 Å². The molecule has 0 aliphatic carbocycles. The van der Waals surface area contributed by atoms with Crippen molar-refractivity contribution in [3.8, 4) is 0 Å². The average molecular weight is 314 g/mol. The number of anilines is 1. The van der Waals surface area contributed by atoms with E-state index in [-0.39, 0.29) is 37.8 Å². The fourth-order valence-corrected chi connectivity index (χ4v) is 2.92. The quantitative estimate of drug-likeness (QED) is 0.834. The highest BCUT2D eigenvalue weighted by atomic mass is 19.3. The van der Waals surface area contributed by atoms with Gasteiger partial charge in [-0.3, -0.25) is 4.79 Å². The molecule has 2 saturated heterocycles. The number of hydrogen-bond donors (Lipinski definition) is 0. The van der Waals surface area contributed by atoms with Crippen LogP contribution in [0.25, 0.3) is 0 Å². The summed E-state index contributed by atoms with van der Waals surface area (Å²) in [6.45, 7) is 1.26. The Hall–Kier alpha value is -1.86. The van der Waals surface area contributed by atoms with E-state index in [0.29, 0.717) is 25.5 Å². The van der Waals surface area contributed by atoms with Crippen molar-refractivity contribution in [2.24, 2.45) is 5.92 Å². The van der Waals surface area contributed by atoms with Gasteiger partial charge in [-0.1, -0.05) is 0 Å². The third-order valence-electron chi connectivity index (χ3n) is 4.23. The molecule has 3 rings (SSSR count). The lowest BCUT2D eigenvalue weighted by Crippen LogP contribution is -2.45. The summed E-state index contributed by atoms with van der Waals surface area (Å²) in [6, 6.07) is 0. The number of halogens is 3. The van der Waals surface area contributed by atoms with E-state index in [1.165, 1.54) is 4.90 Å². The van der Waals surface area contributed by atoms with E-state index in [2.05, 4.69) is 9.97 Å². The Labute approximate surface area is 126 Å². The van der Waals surface area contributed by atoms with E-state index in [0.717, 1.165) is 12.4 Å². The first-order valence-corrected chi connectivity index (χ1v) is 7.34. The second kappa shape index (κ2) is 5.73. The summed E-state index contributed by atoms with van der Waals surface area (Å²) in [5.41, 5.74) is 0. The molecular weight excluding hydrogens is 297 g/mol. The topological polar surface area (TPSA) is 49.3 Å².